The zero-order valence-electron chi connectivity index (χ0n) is 19.3. The van der Waals surface area contributed by atoms with Crippen molar-refractivity contribution in [3.63, 3.8) is 0 Å². The number of hydrogen-bond donors (Lipinski definition) is 2. The molecule has 1 saturated heterocycles. The van der Waals surface area contributed by atoms with Crippen molar-refractivity contribution in [3.05, 3.63) is 18.0 Å². The van der Waals surface area contributed by atoms with Gasteiger partial charge in [0.15, 0.2) is 17.2 Å². The van der Waals surface area contributed by atoms with Gasteiger partial charge in [-0.05, 0) is 38.0 Å². The molecule has 2 heterocycles. The van der Waals surface area contributed by atoms with Crippen molar-refractivity contribution in [2.24, 2.45) is 11.8 Å². The van der Waals surface area contributed by atoms with Crippen LogP contribution in [0.3, 0.4) is 0 Å². The van der Waals surface area contributed by atoms with Gasteiger partial charge in [0.2, 0.25) is 0 Å². The van der Waals surface area contributed by atoms with Crippen LogP contribution in [0.15, 0.2) is 12.3 Å². The zero-order valence-corrected chi connectivity index (χ0v) is 19.3. The molecule has 2 N–H and O–H groups in total. The Kier molecular flexibility index (Phi) is 8.73. The highest BCUT2D eigenvalue weighted by Gasteiger charge is 2.35. The number of methoxy groups -OCH3 is 2. The lowest BCUT2D eigenvalue weighted by Gasteiger charge is -2.34. The second-order valence-corrected chi connectivity index (χ2v) is 9.01. The van der Waals surface area contributed by atoms with Gasteiger partial charge in [-0.15, -0.1) is 0 Å². The van der Waals surface area contributed by atoms with E-state index < -0.39 is 24.0 Å². The molecule has 8 nitrogen and oxygen atoms in total. The Morgan fingerprint density at radius 2 is 1.88 bits per heavy atom. The maximum Gasteiger partial charge on any atom is 0.329 e. The summed E-state index contributed by atoms with van der Waals surface area (Å²) >= 11 is 0. The van der Waals surface area contributed by atoms with Gasteiger partial charge in [0.05, 0.1) is 13.2 Å². The van der Waals surface area contributed by atoms with Crippen molar-refractivity contribution in [2.75, 3.05) is 14.2 Å². The molecule has 1 amide bonds. The summed E-state index contributed by atoms with van der Waals surface area (Å²) in [4.78, 5) is 29.6. The first-order valence-electron chi connectivity index (χ1n) is 11.7. The molecule has 0 aromatic carbocycles. The number of pyridine rings is 1. The normalized spacial score (nSPS) is 27.5. The molecule has 1 saturated carbocycles. The maximum absolute atomic E-state index is 12.9. The van der Waals surface area contributed by atoms with E-state index in [9.17, 15) is 14.7 Å². The van der Waals surface area contributed by atoms with E-state index in [1.165, 1.54) is 45.1 Å². The zero-order chi connectivity index (χ0) is 23.1. The van der Waals surface area contributed by atoms with Gasteiger partial charge in [-0.1, -0.05) is 38.5 Å². The van der Waals surface area contributed by atoms with Crippen LogP contribution in [0.4, 0.5) is 0 Å². The number of carbonyl (C=O) groups is 2. The Morgan fingerprint density at radius 3 is 2.56 bits per heavy atom. The second kappa shape index (κ2) is 11.5. The molecule has 1 aliphatic carbocycles. The molecule has 2 fully saturated rings. The number of hydrogen-bond acceptors (Lipinski definition) is 7. The van der Waals surface area contributed by atoms with E-state index in [2.05, 4.69) is 10.3 Å². The maximum atomic E-state index is 12.9. The Labute approximate surface area is 190 Å². The van der Waals surface area contributed by atoms with Gasteiger partial charge in [0.1, 0.15) is 12.1 Å². The molecule has 0 radical (unpaired) electrons. The molecule has 32 heavy (non-hydrogen) atoms. The first-order valence-corrected chi connectivity index (χ1v) is 11.7. The van der Waals surface area contributed by atoms with E-state index in [1.54, 1.807) is 7.11 Å². The Morgan fingerprint density at radius 1 is 1.19 bits per heavy atom. The summed E-state index contributed by atoms with van der Waals surface area (Å²) in [6.07, 6.45) is 10.3. The van der Waals surface area contributed by atoms with Crippen molar-refractivity contribution >= 4 is 11.9 Å². The number of amides is 1. The van der Waals surface area contributed by atoms with Crippen LogP contribution >= 0.6 is 0 Å². The standard InChI is InChI=1S/C24H36N2O6/c1-15-22(31-3)17(14-16-8-4-5-9-16)10-6-7-11-18(24(29)32-15)26-23(28)20-21(27)19(30-2)12-13-25-20/h12-13,15-18,22,27H,4-11,14H2,1-3H3,(H,26,28)/t15-,17+,18-,22-/m0/s1. The van der Waals surface area contributed by atoms with Crippen LogP contribution in [0.2, 0.25) is 0 Å². The van der Waals surface area contributed by atoms with Crippen molar-refractivity contribution in [1.82, 2.24) is 10.3 Å². The molecule has 3 rings (SSSR count). The van der Waals surface area contributed by atoms with Crippen LogP contribution in [0, 0.1) is 11.8 Å². The van der Waals surface area contributed by atoms with Crippen molar-refractivity contribution < 1.29 is 28.9 Å². The first kappa shape index (κ1) is 24.3. The van der Waals surface area contributed by atoms with Crippen LogP contribution in [-0.4, -0.2) is 54.4 Å². The van der Waals surface area contributed by atoms with Gasteiger partial charge < -0.3 is 24.6 Å². The van der Waals surface area contributed by atoms with Crippen molar-refractivity contribution in [3.8, 4) is 11.5 Å². The molecular weight excluding hydrogens is 412 g/mol. The molecule has 0 bridgehead atoms. The third kappa shape index (κ3) is 5.91. The molecule has 178 valence electrons. The molecule has 1 aromatic heterocycles. The number of aromatic hydroxyl groups is 1. The van der Waals surface area contributed by atoms with Crippen molar-refractivity contribution in [2.45, 2.75) is 83.0 Å². The summed E-state index contributed by atoms with van der Waals surface area (Å²) in [6, 6.07) is 0.638. The minimum atomic E-state index is -0.818. The molecule has 0 unspecified atom stereocenters. The SMILES string of the molecule is COc1ccnc(C(=O)N[C@H]2CCCC[C@H](CC3CCCC3)[C@@H](OC)[C@H](C)OC2=O)c1O. The van der Waals surface area contributed by atoms with Gasteiger partial charge in [-0.2, -0.15) is 0 Å². The van der Waals surface area contributed by atoms with Gasteiger partial charge in [-0.3, -0.25) is 4.79 Å². The lowest BCUT2D eigenvalue weighted by Crippen LogP contribution is -2.46. The number of ether oxygens (including phenoxy) is 3. The highest BCUT2D eigenvalue weighted by molar-refractivity contribution is 5.97. The summed E-state index contributed by atoms with van der Waals surface area (Å²) < 4.78 is 16.6. The van der Waals surface area contributed by atoms with Gasteiger partial charge in [-0.25, -0.2) is 9.78 Å². The topological polar surface area (TPSA) is 107 Å². The Hall–Kier alpha value is -2.35. The molecule has 0 spiro atoms. The van der Waals surface area contributed by atoms with Crippen LogP contribution in [0.1, 0.15) is 75.2 Å². The number of cyclic esters (lactones) is 1. The number of esters is 1. The third-order valence-electron chi connectivity index (χ3n) is 6.84. The molecule has 4 atom stereocenters. The fourth-order valence-corrected chi connectivity index (χ4v) is 5.19. The van der Waals surface area contributed by atoms with Crippen LogP contribution < -0.4 is 10.1 Å². The van der Waals surface area contributed by atoms with Crippen LogP contribution in [0.5, 0.6) is 11.5 Å². The summed E-state index contributed by atoms with van der Waals surface area (Å²) in [5, 5.41) is 12.9. The second-order valence-electron chi connectivity index (χ2n) is 9.01. The largest absolute Gasteiger partial charge is 0.503 e. The smallest absolute Gasteiger partial charge is 0.329 e. The molecule has 1 aliphatic heterocycles. The number of nitrogens with zero attached hydrogens (tertiary/aromatic N) is 1. The molecular formula is C24H36N2O6. The summed E-state index contributed by atoms with van der Waals surface area (Å²) in [7, 11) is 3.07. The van der Waals surface area contributed by atoms with Gasteiger partial charge in [0.25, 0.3) is 5.91 Å². The lowest BCUT2D eigenvalue weighted by molar-refractivity contribution is -0.161. The number of aromatic nitrogens is 1. The predicted molar refractivity (Wildman–Crippen MR) is 119 cm³/mol. The fraction of sp³-hybridized carbons (Fsp3) is 0.708. The summed E-state index contributed by atoms with van der Waals surface area (Å²) in [5.74, 6) is -0.257. The average Bonchev–Trinajstić information content (AvgIpc) is 3.28. The highest BCUT2D eigenvalue weighted by atomic mass is 16.6. The number of carbonyl (C=O) groups excluding carboxylic acids is 2. The van der Waals surface area contributed by atoms with Crippen molar-refractivity contribution in [1.29, 1.82) is 0 Å². The fourth-order valence-electron chi connectivity index (χ4n) is 5.19. The van der Waals surface area contributed by atoms with E-state index in [0.29, 0.717) is 12.3 Å². The third-order valence-corrected chi connectivity index (χ3v) is 6.84. The summed E-state index contributed by atoms with van der Waals surface area (Å²) in [6.45, 7) is 1.86. The van der Waals surface area contributed by atoms with Gasteiger partial charge >= 0.3 is 5.97 Å². The Bertz CT molecular complexity index is 780. The van der Waals surface area contributed by atoms with Crippen LogP contribution in [0.25, 0.3) is 0 Å². The minimum Gasteiger partial charge on any atom is -0.503 e. The minimum absolute atomic E-state index is 0.142. The lowest BCUT2D eigenvalue weighted by atomic mass is 9.83. The molecule has 1 aromatic rings. The average molecular weight is 449 g/mol. The van der Waals surface area contributed by atoms with E-state index in [-0.39, 0.29) is 23.3 Å². The number of rotatable bonds is 6. The van der Waals surface area contributed by atoms with E-state index >= 15 is 0 Å². The Balaban J connectivity index is 1.68. The molecule has 2 aliphatic rings. The molecule has 8 heteroatoms. The predicted octanol–water partition coefficient (Wildman–Crippen LogP) is 3.61. The highest BCUT2D eigenvalue weighted by Crippen LogP contribution is 2.35. The van der Waals surface area contributed by atoms with E-state index in [4.69, 9.17) is 14.2 Å². The summed E-state index contributed by atoms with van der Waals surface area (Å²) in [5.41, 5.74) is -0.186. The quantitative estimate of drug-likeness (QED) is 0.640. The monoisotopic (exact) mass is 448 g/mol. The number of nitrogens with one attached hydrogen (secondary N) is 1. The van der Waals surface area contributed by atoms with Gasteiger partial charge in [0, 0.05) is 19.4 Å². The van der Waals surface area contributed by atoms with Crippen LogP contribution in [-0.2, 0) is 14.3 Å². The van der Waals surface area contributed by atoms with E-state index in [1.807, 2.05) is 6.92 Å². The first-order chi connectivity index (χ1) is 15.4. The van der Waals surface area contributed by atoms with E-state index in [0.717, 1.165) is 31.6 Å².